The fourth-order valence-corrected chi connectivity index (χ4v) is 6.17. The number of fused-ring (bicyclic) bond motifs is 2. The summed E-state index contributed by atoms with van der Waals surface area (Å²) in [5, 5.41) is 6.66. The molecule has 1 N–H and O–H groups in total. The highest BCUT2D eigenvalue weighted by Crippen LogP contribution is 2.41. The van der Waals surface area contributed by atoms with E-state index in [2.05, 4.69) is 10.2 Å². The van der Waals surface area contributed by atoms with Gasteiger partial charge in [0.15, 0.2) is 27.3 Å². The molecule has 7 nitrogen and oxygen atoms in total. The highest BCUT2D eigenvalue weighted by Gasteiger charge is 2.33. The number of methoxy groups -OCH3 is 1. The molecule has 3 heterocycles. The Balaban J connectivity index is 1.62. The first-order chi connectivity index (χ1) is 15.4. The predicted molar refractivity (Wildman–Crippen MR) is 116 cm³/mol. The van der Waals surface area contributed by atoms with E-state index in [-0.39, 0.29) is 16.2 Å². The molecular formula is C22H21F2N3O4S. The summed E-state index contributed by atoms with van der Waals surface area (Å²) >= 11 is 0. The number of aromatic amines is 1. The maximum atomic E-state index is 14.2. The largest absolute Gasteiger partial charge is 0.495 e. The zero-order chi connectivity index (χ0) is 22.5. The highest BCUT2D eigenvalue weighted by atomic mass is 32.2. The van der Waals surface area contributed by atoms with E-state index >= 15 is 0 Å². The van der Waals surface area contributed by atoms with Crippen LogP contribution in [-0.2, 0) is 14.6 Å². The van der Waals surface area contributed by atoms with Crippen LogP contribution in [0.25, 0.3) is 17.0 Å². The van der Waals surface area contributed by atoms with Crippen LogP contribution in [-0.4, -0.2) is 50.7 Å². The topological polar surface area (TPSA) is 84.5 Å². The van der Waals surface area contributed by atoms with E-state index in [1.54, 1.807) is 17.0 Å². The molecule has 0 aliphatic carbocycles. The number of anilines is 2. The van der Waals surface area contributed by atoms with Gasteiger partial charge in [-0.3, -0.25) is 5.10 Å². The summed E-state index contributed by atoms with van der Waals surface area (Å²) in [5.74, 6) is -1.32. The number of halogens is 2. The lowest BCUT2D eigenvalue weighted by Gasteiger charge is -2.29. The van der Waals surface area contributed by atoms with Crippen molar-refractivity contribution >= 4 is 38.3 Å². The van der Waals surface area contributed by atoms with Gasteiger partial charge in [0.1, 0.15) is 16.2 Å². The van der Waals surface area contributed by atoms with Gasteiger partial charge in [0.05, 0.1) is 18.0 Å². The number of sulfone groups is 1. The number of nitrogens with one attached hydrogen (secondary N) is 1. The van der Waals surface area contributed by atoms with Gasteiger partial charge in [-0.05, 0) is 36.6 Å². The Labute approximate surface area is 183 Å². The van der Waals surface area contributed by atoms with Gasteiger partial charge in [0.25, 0.3) is 0 Å². The second-order valence-electron chi connectivity index (χ2n) is 7.76. The quantitative estimate of drug-likeness (QED) is 0.633. The molecule has 0 bridgehead atoms. The molecule has 1 fully saturated rings. The van der Waals surface area contributed by atoms with Crippen molar-refractivity contribution in [2.75, 3.05) is 31.8 Å². The average molecular weight is 461 g/mol. The van der Waals surface area contributed by atoms with E-state index in [1.807, 2.05) is 12.2 Å². The van der Waals surface area contributed by atoms with E-state index in [9.17, 15) is 17.2 Å². The number of rotatable bonds is 4. The number of benzene rings is 2. The van der Waals surface area contributed by atoms with Crippen LogP contribution in [0, 0.1) is 11.6 Å². The lowest BCUT2D eigenvalue weighted by atomic mass is 10.1. The minimum atomic E-state index is -3.63. The molecule has 3 aromatic rings. The molecule has 0 spiro atoms. The molecule has 5 rings (SSSR count). The van der Waals surface area contributed by atoms with Crippen LogP contribution < -0.4 is 9.64 Å². The molecule has 0 radical (unpaired) electrons. The van der Waals surface area contributed by atoms with Crippen molar-refractivity contribution in [3.8, 4) is 5.75 Å². The summed E-state index contributed by atoms with van der Waals surface area (Å²) < 4.78 is 65.3. The fourth-order valence-electron chi connectivity index (χ4n) is 4.28. The van der Waals surface area contributed by atoms with Crippen molar-refractivity contribution < 1.29 is 26.7 Å². The number of hydrogen-bond acceptors (Lipinski definition) is 6. The van der Waals surface area contributed by atoms with Crippen LogP contribution in [0.3, 0.4) is 0 Å². The van der Waals surface area contributed by atoms with Crippen molar-refractivity contribution in [1.82, 2.24) is 10.2 Å². The number of H-pyrrole nitrogens is 1. The van der Waals surface area contributed by atoms with Gasteiger partial charge >= 0.3 is 0 Å². The zero-order valence-electron chi connectivity index (χ0n) is 17.3. The fraction of sp³-hybridized carbons (Fsp3) is 0.318. The highest BCUT2D eigenvalue weighted by molar-refractivity contribution is 7.92. The smallest absolute Gasteiger partial charge is 0.185 e. The van der Waals surface area contributed by atoms with Crippen molar-refractivity contribution in [3.63, 3.8) is 0 Å². The molecule has 168 valence electrons. The van der Waals surface area contributed by atoms with E-state index in [1.165, 1.54) is 13.2 Å². The van der Waals surface area contributed by atoms with Gasteiger partial charge in [-0.15, -0.1) is 0 Å². The zero-order valence-corrected chi connectivity index (χ0v) is 18.1. The monoisotopic (exact) mass is 461 g/mol. The average Bonchev–Trinajstić information content (AvgIpc) is 3.25. The second kappa shape index (κ2) is 7.86. The maximum absolute atomic E-state index is 14.2. The van der Waals surface area contributed by atoms with Gasteiger partial charge in [-0.25, -0.2) is 17.2 Å². The summed E-state index contributed by atoms with van der Waals surface area (Å²) in [5.41, 5.74) is 1.30. The van der Waals surface area contributed by atoms with Gasteiger partial charge < -0.3 is 14.4 Å². The standard InChI is InChI=1S/C22H21F2N3O4S/c1-30-18-12-17-13(11-19(18)32(28,29)14-6-9-31-10-7-14)3-2-8-27(17)22-15-4-5-16(23)20(24)21(15)25-26-22/h2-5,11-12,14H,6-10H2,1H3,(H,25,26). The summed E-state index contributed by atoms with van der Waals surface area (Å²) in [6.45, 7) is 1.24. The van der Waals surface area contributed by atoms with Crippen LogP contribution >= 0.6 is 0 Å². The maximum Gasteiger partial charge on any atom is 0.185 e. The van der Waals surface area contributed by atoms with Gasteiger partial charge in [-0.1, -0.05) is 12.2 Å². The molecule has 32 heavy (non-hydrogen) atoms. The molecule has 0 unspecified atom stereocenters. The first-order valence-electron chi connectivity index (χ1n) is 10.2. The Kier molecular flexibility index (Phi) is 5.13. The summed E-state index contributed by atoms with van der Waals surface area (Å²) in [6.07, 6.45) is 4.57. The molecule has 2 aliphatic rings. The number of ether oxygens (including phenoxy) is 2. The van der Waals surface area contributed by atoms with E-state index in [0.717, 1.165) is 6.07 Å². The number of aromatic nitrogens is 2. The van der Waals surface area contributed by atoms with Gasteiger partial charge in [0.2, 0.25) is 0 Å². The first-order valence-corrected chi connectivity index (χ1v) is 11.8. The third kappa shape index (κ3) is 3.25. The third-order valence-electron chi connectivity index (χ3n) is 5.97. The normalized spacial score (nSPS) is 17.0. The first kappa shape index (κ1) is 20.9. The van der Waals surface area contributed by atoms with Crippen molar-refractivity contribution in [2.24, 2.45) is 0 Å². The summed E-state index contributed by atoms with van der Waals surface area (Å²) in [6, 6.07) is 5.79. The Bertz CT molecular complexity index is 1330. The minimum absolute atomic E-state index is 0.0261. The molecule has 10 heteroatoms. The molecule has 0 saturated carbocycles. The van der Waals surface area contributed by atoms with Gasteiger partial charge in [0, 0.05) is 31.2 Å². The number of nitrogens with zero attached hydrogens (tertiary/aromatic N) is 2. The van der Waals surface area contributed by atoms with E-state index in [0.29, 0.717) is 55.1 Å². The summed E-state index contributed by atoms with van der Waals surface area (Å²) in [4.78, 5) is 1.94. The minimum Gasteiger partial charge on any atom is -0.495 e. The predicted octanol–water partition coefficient (Wildman–Crippen LogP) is 3.97. The number of hydrogen-bond donors (Lipinski definition) is 1. The van der Waals surface area contributed by atoms with Crippen LogP contribution in [0.2, 0.25) is 0 Å². The molecule has 1 saturated heterocycles. The Morgan fingerprint density at radius 1 is 1.22 bits per heavy atom. The molecular weight excluding hydrogens is 440 g/mol. The molecule has 0 atom stereocenters. The van der Waals surface area contributed by atoms with Crippen LogP contribution in [0.4, 0.5) is 20.3 Å². The Morgan fingerprint density at radius 3 is 2.75 bits per heavy atom. The second-order valence-corrected chi connectivity index (χ2v) is 9.96. The lowest BCUT2D eigenvalue weighted by molar-refractivity contribution is 0.0983. The van der Waals surface area contributed by atoms with E-state index < -0.39 is 26.7 Å². The molecule has 2 aliphatic heterocycles. The lowest BCUT2D eigenvalue weighted by Crippen LogP contribution is -2.29. The third-order valence-corrected chi connectivity index (χ3v) is 8.25. The Hall–Kier alpha value is -2.98. The van der Waals surface area contributed by atoms with Crippen molar-refractivity contribution in [3.05, 3.63) is 47.5 Å². The summed E-state index contributed by atoms with van der Waals surface area (Å²) in [7, 11) is -2.20. The Morgan fingerprint density at radius 2 is 2.00 bits per heavy atom. The van der Waals surface area contributed by atoms with Crippen LogP contribution in [0.1, 0.15) is 18.4 Å². The van der Waals surface area contributed by atoms with Crippen LogP contribution in [0.5, 0.6) is 5.75 Å². The van der Waals surface area contributed by atoms with Gasteiger partial charge in [-0.2, -0.15) is 5.10 Å². The van der Waals surface area contributed by atoms with Crippen molar-refractivity contribution in [2.45, 2.75) is 23.0 Å². The van der Waals surface area contributed by atoms with Crippen molar-refractivity contribution in [1.29, 1.82) is 0 Å². The SMILES string of the molecule is COc1cc2c(cc1S(=O)(=O)C1CCOCC1)C=CCN2c1n[nH]c2c(F)c(F)ccc12. The molecule has 1 aromatic heterocycles. The molecule has 0 amide bonds. The molecule has 2 aromatic carbocycles. The van der Waals surface area contributed by atoms with E-state index in [4.69, 9.17) is 9.47 Å². The van der Waals surface area contributed by atoms with Crippen LogP contribution in [0.15, 0.2) is 35.2 Å².